The van der Waals surface area contributed by atoms with Gasteiger partial charge in [0.2, 0.25) is 5.91 Å². The minimum atomic E-state index is -1.38. The Morgan fingerprint density at radius 1 is 1.07 bits per heavy atom. The van der Waals surface area contributed by atoms with Gasteiger partial charge in [0.15, 0.2) is 5.54 Å². The summed E-state index contributed by atoms with van der Waals surface area (Å²) in [6.07, 6.45) is -0.718. The molecule has 0 aliphatic carbocycles. The molecule has 140 valence electrons. The summed E-state index contributed by atoms with van der Waals surface area (Å²) in [5.74, 6) is -1.03. The van der Waals surface area contributed by atoms with Crippen molar-refractivity contribution >= 4 is 17.8 Å². The number of carbonyl (C=O) groups is 3. The van der Waals surface area contributed by atoms with E-state index < -0.39 is 36.0 Å². The van der Waals surface area contributed by atoms with Crippen LogP contribution in [-0.2, 0) is 15.1 Å². The van der Waals surface area contributed by atoms with E-state index in [0.29, 0.717) is 11.1 Å². The number of aliphatic hydroxyl groups excluding tert-OH is 1. The molecule has 4 amide bonds. The molecule has 2 aromatic carbocycles. The van der Waals surface area contributed by atoms with Gasteiger partial charge in [-0.1, -0.05) is 60.7 Å². The maximum absolute atomic E-state index is 13.3. The molecule has 3 rings (SSSR count). The summed E-state index contributed by atoms with van der Waals surface area (Å²) in [5.41, 5.74) is -0.160. The van der Waals surface area contributed by atoms with Crippen LogP contribution < -0.4 is 10.6 Å². The smallest absolute Gasteiger partial charge is 0.326 e. The molecule has 1 heterocycles. The molecule has 0 saturated carbocycles. The fourth-order valence-electron chi connectivity index (χ4n) is 3.11. The maximum Gasteiger partial charge on any atom is 0.326 e. The topological polar surface area (TPSA) is 98.7 Å². The van der Waals surface area contributed by atoms with E-state index in [1.807, 2.05) is 12.1 Å². The maximum atomic E-state index is 13.3. The Balaban J connectivity index is 1.95. The number of imide groups is 1. The quantitative estimate of drug-likeness (QED) is 0.663. The summed E-state index contributed by atoms with van der Waals surface area (Å²) in [6, 6.07) is 17.2. The van der Waals surface area contributed by atoms with Crippen LogP contribution in [0.25, 0.3) is 0 Å². The standard InChI is InChI=1S/C20H21N3O4/c1-14(24)12-21-17(25)13-23-18(26)20(22-19(23)27,15-8-4-2-5-9-15)16-10-6-3-7-11-16/h2-11,14,24H,12-13H2,1H3,(H,21,25)(H,22,27)/t14-/m0/s1. The molecule has 7 nitrogen and oxygen atoms in total. The number of nitrogens with one attached hydrogen (secondary N) is 2. The van der Waals surface area contributed by atoms with E-state index >= 15 is 0 Å². The van der Waals surface area contributed by atoms with Crippen molar-refractivity contribution in [1.82, 2.24) is 15.5 Å². The van der Waals surface area contributed by atoms with Gasteiger partial charge in [0.25, 0.3) is 5.91 Å². The average Bonchev–Trinajstić information content (AvgIpc) is 2.93. The summed E-state index contributed by atoms with van der Waals surface area (Å²) in [4.78, 5) is 38.9. The predicted molar refractivity (Wildman–Crippen MR) is 98.6 cm³/mol. The third-order valence-electron chi connectivity index (χ3n) is 4.42. The Morgan fingerprint density at radius 2 is 1.59 bits per heavy atom. The van der Waals surface area contributed by atoms with Crippen molar-refractivity contribution in [2.75, 3.05) is 13.1 Å². The van der Waals surface area contributed by atoms with Crippen LogP contribution >= 0.6 is 0 Å². The van der Waals surface area contributed by atoms with Crippen molar-refractivity contribution < 1.29 is 19.5 Å². The summed E-state index contributed by atoms with van der Waals surface area (Å²) in [7, 11) is 0. The molecule has 0 spiro atoms. The minimum absolute atomic E-state index is 0.0466. The van der Waals surface area contributed by atoms with Gasteiger partial charge >= 0.3 is 6.03 Å². The van der Waals surface area contributed by atoms with Crippen molar-refractivity contribution in [2.24, 2.45) is 0 Å². The van der Waals surface area contributed by atoms with Gasteiger partial charge in [-0.2, -0.15) is 0 Å². The highest BCUT2D eigenvalue weighted by Gasteiger charge is 2.53. The van der Waals surface area contributed by atoms with E-state index in [9.17, 15) is 19.5 Å². The SMILES string of the molecule is C[C@H](O)CNC(=O)CN1C(=O)NC(c2ccccc2)(c2ccccc2)C1=O. The molecule has 1 aliphatic rings. The van der Waals surface area contributed by atoms with Gasteiger partial charge in [-0.05, 0) is 18.1 Å². The minimum Gasteiger partial charge on any atom is -0.392 e. The largest absolute Gasteiger partial charge is 0.392 e. The second-order valence-electron chi connectivity index (χ2n) is 6.46. The molecule has 1 aliphatic heterocycles. The van der Waals surface area contributed by atoms with Gasteiger partial charge in [0.05, 0.1) is 6.10 Å². The van der Waals surface area contributed by atoms with Crippen LogP contribution in [0.15, 0.2) is 60.7 Å². The lowest BCUT2D eigenvalue weighted by atomic mass is 9.82. The van der Waals surface area contributed by atoms with E-state index in [2.05, 4.69) is 10.6 Å². The molecule has 27 heavy (non-hydrogen) atoms. The molecule has 0 unspecified atom stereocenters. The van der Waals surface area contributed by atoms with E-state index in [1.165, 1.54) is 6.92 Å². The monoisotopic (exact) mass is 367 g/mol. The lowest BCUT2D eigenvalue weighted by molar-refractivity contribution is -0.134. The molecular weight excluding hydrogens is 346 g/mol. The van der Waals surface area contributed by atoms with Gasteiger partial charge in [-0.3, -0.25) is 14.5 Å². The molecule has 0 aromatic heterocycles. The van der Waals surface area contributed by atoms with Crippen LogP contribution in [0.3, 0.4) is 0 Å². The Kier molecular flexibility index (Phi) is 5.23. The van der Waals surface area contributed by atoms with Crippen LogP contribution in [0.2, 0.25) is 0 Å². The highest BCUT2D eigenvalue weighted by molar-refractivity contribution is 6.11. The number of rotatable bonds is 6. The van der Waals surface area contributed by atoms with Gasteiger partial charge in [-0.15, -0.1) is 0 Å². The normalized spacial score (nSPS) is 16.7. The number of carbonyl (C=O) groups excluding carboxylic acids is 3. The van der Waals surface area contributed by atoms with Crippen molar-refractivity contribution in [3.05, 3.63) is 71.8 Å². The van der Waals surface area contributed by atoms with Crippen molar-refractivity contribution in [2.45, 2.75) is 18.6 Å². The fourth-order valence-corrected chi connectivity index (χ4v) is 3.11. The zero-order chi connectivity index (χ0) is 19.4. The average molecular weight is 367 g/mol. The third kappa shape index (κ3) is 3.54. The zero-order valence-electron chi connectivity index (χ0n) is 14.9. The second-order valence-corrected chi connectivity index (χ2v) is 6.46. The van der Waals surface area contributed by atoms with E-state index in [-0.39, 0.29) is 6.54 Å². The number of aliphatic hydroxyl groups is 1. The molecule has 0 bridgehead atoms. The Morgan fingerprint density at radius 3 is 2.07 bits per heavy atom. The number of nitrogens with zero attached hydrogens (tertiary/aromatic N) is 1. The summed E-state index contributed by atoms with van der Waals surface area (Å²) in [6.45, 7) is 1.16. The molecule has 1 atom stereocenters. The van der Waals surface area contributed by atoms with Crippen LogP contribution in [0.4, 0.5) is 4.79 Å². The number of urea groups is 1. The van der Waals surface area contributed by atoms with Crippen molar-refractivity contribution in [1.29, 1.82) is 0 Å². The fraction of sp³-hybridized carbons (Fsp3) is 0.250. The van der Waals surface area contributed by atoms with Crippen LogP contribution in [-0.4, -0.2) is 47.0 Å². The van der Waals surface area contributed by atoms with Crippen molar-refractivity contribution in [3.8, 4) is 0 Å². The number of hydrogen-bond acceptors (Lipinski definition) is 4. The van der Waals surface area contributed by atoms with Gasteiger partial charge in [0, 0.05) is 6.54 Å². The number of amides is 4. The van der Waals surface area contributed by atoms with Crippen LogP contribution in [0, 0.1) is 0 Å². The summed E-state index contributed by atoms with van der Waals surface area (Å²) in [5, 5.41) is 14.5. The highest BCUT2D eigenvalue weighted by atomic mass is 16.3. The summed E-state index contributed by atoms with van der Waals surface area (Å²) < 4.78 is 0. The lowest BCUT2D eigenvalue weighted by Crippen LogP contribution is -2.46. The van der Waals surface area contributed by atoms with Gasteiger partial charge < -0.3 is 15.7 Å². The zero-order valence-corrected chi connectivity index (χ0v) is 14.9. The number of hydrogen-bond donors (Lipinski definition) is 3. The second kappa shape index (κ2) is 7.59. The molecule has 1 fully saturated rings. The molecule has 7 heteroatoms. The van der Waals surface area contributed by atoms with Crippen LogP contribution in [0.5, 0.6) is 0 Å². The first-order chi connectivity index (χ1) is 12.9. The molecule has 0 radical (unpaired) electrons. The third-order valence-corrected chi connectivity index (χ3v) is 4.42. The predicted octanol–water partition coefficient (Wildman–Crippen LogP) is 0.979. The molecular formula is C20H21N3O4. The van der Waals surface area contributed by atoms with Gasteiger partial charge in [0.1, 0.15) is 6.54 Å². The highest BCUT2D eigenvalue weighted by Crippen LogP contribution is 2.35. The van der Waals surface area contributed by atoms with E-state index in [1.54, 1.807) is 48.5 Å². The van der Waals surface area contributed by atoms with Crippen LogP contribution in [0.1, 0.15) is 18.1 Å². The Bertz CT molecular complexity index is 797. The first-order valence-corrected chi connectivity index (χ1v) is 8.65. The van der Waals surface area contributed by atoms with E-state index in [0.717, 1.165) is 4.90 Å². The lowest BCUT2D eigenvalue weighted by Gasteiger charge is -2.28. The molecule has 3 N–H and O–H groups in total. The first kappa shape index (κ1) is 18.6. The van der Waals surface area contributed by atoms with E-state index in [4.69, 9.17) is 0 Å². The van der Waals surface area contributed by atoms with Crippen molar-refractivity contribution in [3.63, 3.8) is 0 Å². The summed E-state index contributed by atoms with van der Waals surface area (Å²) >= 11 is 0. The first-order valence-electron chi connectivity index (χ1n) is 8.65. The molecule has 1 saturated heterocycles. The number of benzene rings is 2. The Hall–Kier alpha value is -3.19. The Labute approximate surface area is 157 Å². The molecule has 2 aromatic rings. The van der Waals surface area contributed by atoms with Gasteiger partial charge in [-0.25, -0.2) is 4.79 Å².